The van der Waals surface area contributed by atoms with Crippen molar-refractivity contribution in [2.45, 2.75) is 33.4 Å². The van der Waals surface area contributed by atoms with Crippen molar-refractivity contribution >= 4 is 17.6 Å². The molecule has 21 heavy (non-hydrogen) atoms. The lowest BCUT2D eigenvalue weighted by atomic mass is 9.89. The van der Waals surface area contributed by atoms with Gasteiger partial charge in [0.2, 0.25) is 0 Å². The summed E-state index contributed by atoms with van der Waals surface area (Å²) >= 11 is 5.87. The van der Waals surface area contributed by atoms with Gasteiger partial charge in [-0.25, -0.2) is 0 Å². The first-order valence-electron chi connectivity index (χ1n) is 7.08. The molecule has 118 valence electrons. The Hall–Kier alpha value is -1.26. The third kappa shape index (κ3) is 6.36. The summed E-state index contributed by atoms with van der Waals surface area (Å²) in [7, 11) is 3.50. The summed E-state index contributed by atoms with van der Waals surface area (Å²) in [5.74, 6) is 0.760. The normalized spacial score (nSPS) is 13.9. The molecule has 0 aromatic heterocycles. The quantitative estimate of drug-likeness (QED) is 0.649. The van der Waals surface area contributed by atoms with Crippen LogP contribution in [0, 0.1) is 5.41 Å². The standard InChI is InChI=1S/C16H26ClN3O/c1-16(2,3)14(21-5)11-20-15(18-4)19-10-12-6-8-13(17)9-7-12/h6-9,14H,10-11H2,1-5H3,(H2,18,19,20). The molecule has 0 saturated heterocycles. The monoisotopic (exact) mass is 311 g/mol. The first-order valence-corrected chi connectivity index (χ1v) is 7.46. The van der Waals surface area contributed by atoms with Gasteiger partial charge in [0, 0.05) is 32.3 Å². The second kappa shape index (κ2) is 8.25. The second-order valence-corrected chi connectivity index (χ2v) is 6.46. The molecule has 0 aliphatic rings. The van der Waals surface area contributed by atoms with Crippen molar-refractivity contribution in [2.24, 2.45) is 10.4 Å². The van der Waals surface area contributed by atoms with E-state index in [1.165, 1.54) is 0 Å². The Bertz CT molecular complexity index is 452. The van der Waals surface area contributed by atoms with E-state index in [9.17, 15) is 0 Å². The van der Waals surface area contributed by atoms with Crippen LogP contribution in [0.2, 0.25) is 5.02 Å². The van der Waals surface area contributed by atoms with Crippen molar-refractivity contribution in [3.8, 4) is 0 Å². The van der Waals surface area contributed by atoms with Gasteiger partial charge in [0.1, 0.15) is 0 Å². The van der Waals surface area contributed by atoms with Crippen LogP contribution >= 0.6 is 11.6 Å². The molecule has 0 aliphatic carbocycles. The summed E-state index contributed by atoms with van der Waals surface area (Å²) in [4.78, 5) is 4.22. The molecule has 0 fully saturated rings. The zero-order valence-electron chi connectivity index (χ0n) is 13.5. The predicted molar refractivity (Wildman–Crippen MR) is 89.9 cm³/mol. The molecule has 4 nitrogen and oxygen atoms in total. The Balaban J connectivity index is 2.47. The minimum Gasteiger partial charge on any atom is -0.379 e. The summed E-state index contributed by atoms with van der Waals surface area (Å²) in [6.45, 7) is 7.89. The van der Waals surface area contributed by atoms with Crippen LogP contribution in [0.15, 0.2) is 29.3 Å². The van der Waals surface area contributed by atoms with E-state index in [1.807, 2.05) is 24.3 Å². The maximum absolute atomic E-state index is 5.87. The summed E-state index contributed by atoms with van der Waals surface area (Å²) in [6.07, 6.45) is 0.117. The molecule has 0 saturated carbocycles. The summed E-state index contributed by atoms with van der Waals surface area (Å²) in [5, 5.41) is 7.32. The SMILES string of the molecule is CN=C(NCc1ccc(Cl)cc1)NCC(OC)C(C)(C)C. The molecule has 0 spiro atoms. The van der Waals surface area contributed by atoms with Gasteiger partial charge in [-0.15, -0.1) is 0 Å². The van der Waals surface area contributed by atoms with Crippen LogP contribution < -0.4 is 10.6 Å². The van der Waals surface area contributed by atoms with E-state index < -0.39 is 0 Å². The van der Waals surface area contributed by atoms with Gasteiger partial charge in [0.25, 0.3) is 0 Å². The lowest BCUT2D eigenvalue weighted by molar-refractivity contribution is 0.0205. The van der Waals surface area contributed by atoms with Gasteiger partial charge in [0.15, 0.2) is 5.96 Å². The number of ether oxygens (including phenoxy) is 1. The van der Waals surface area contributed by atoms with Gasteiger partial charge in [-0.1, -0.05) is 44.5 Å². The van der Waals surface area contributed by atoms with Crippen molar-refractivity contribution in [1.82, 2.24) is 10.6 Å². The number of nitrogens with zero attached hydrogens (tertiary/aromatic N) is 1. The van der Waals surface area contributed by atoms with E-state index in [1.54, 1.807) is 14.2 Å². The maximum atomic E-state index is 5.87. The van der Waals surface area contributed by atoms with Gasteiger partial charge in [-0.05, 0) is 23.1 Å². The topological polar surface area (TPSA) is 45.7 Å². The van der Waals surface area contributed by atoms with Gasteiger partial charge in [-0.3, -0.25) is 4.99 Å². The van der Waals surface area contributed by atoms with Crippen molar-refractivity contribution in [3.05, 3.63) is 34.9 Å². The lowest BCUT2D eigenvalue weighted by Gasteiger charge is -2.30. The number of hydrogen-bond donors (Lipinski definition) is 2. The van der Waals surface area contributed by atoms with Crippen molar-refractivity contribution in [3.63, 3.8) is 0 Å². The average Bonchev–Trinajstić information content (AvgIpc) is 2.43. The Morgan fingerprint density at radius 3 is 2.33 bits per heavy atom. The van der Waals surface area contributed by atoms with E-state index in [0.29, 0.717) is 13.1 Å². The van der Waals surface area contributed by atoms with Crippen LogP contribution in [-0.2, 0) is 11.3 Å². The summed E-state index contributed by atoms with van der Waals surface area (Å²) in [6, 6.07) is 7.76. The van der Waals surface area contributed by atoms with Crippen molar-refractivity contribution in [1.29, 1.82) is 0 Å². The van der Waals surface area contributed by atoms with Crippen LogP contribution in [-0.4, -0.2) is 32.8 Å². The van der Waals surface area contributed by atoms with Gasteiger partial charge in [-0.2, -0.15) is 0 Å². The fraction of sp³-hybridized carbons (Fsp3) is 0.562. The number of nitrogens with one attached hydrogen (secondary N) is 2. The molecular weight excluding hydrogens is 286 g/mol. The van der Waals surface area contributed by atoms with E-state index in [0.717, 1.165) is 16.5 Å². The number of aliphatic imine (C=N–C) groups is 1. The highest BCUT2D eigenvalue weighted by Crippen LogP contribution is 2.20. The molecule has 2 N–H and O–H groups in total. The van der Waals surface area contributed by atoms with E-state index in [2.05, 4.69) is 36.4 Å². The number of methoxy groups -OCH3 is 1. The van der Waals surface area contributed by atoms with Gasteiger partial charge < -0.3 is 15.4 Å². The molecule has 5 heteroatoms. The number of halogens is 1. The van der Waals surface area contributed by atoms with Crippen molar-refractivity contribution in [2.75, 3.05) is 20.7 Å². The first kappa shape index (κ1) is 17.8. The lowest BCUT2D eigenvalue weighted by Crippen LogP contribution is -2.45. The molecule has 1 aromatic carbocycles. The van der Waals surface area contributed by atoms with Crippen LogP contribution in [0.25, 0.3) is 0 Å². The Labute approximate surface area is 132 Å². The Morgan fingerprint density at radius 2 is 1.86 bits per heavy atom. The van der Waals surface area contributed by atoms with E-state index in [-0.39, 0.29) is 11.5 Å². The fourth-order valence-electron chi connectivity index (χ4n) is 1.94. The highest BCUT2D eigenvalue weighted by molar-refractivity contribution is 6.30. The minimum atomic E-state index is 0.0801. The van der Waals surface area contributed by atoms with E-state index >= 15 is 0 Å². The second-order valence-electron chi connectivity index (χ2n) is 6.02. The smallest absolute Gasteiger partial charge is 0.191 e. The van der Waals surface area contributed by atoms with Gasteiger partial charge in [0.05, 0.1) is 6.10 Å². The molecule has 0 radical (unpaired) electrons. The zero-order chi connectivity index (χ0) is 15.9. The number of guanidine groups is 1. The van der Waals surface area contributed by atoms with Crippen LogP contribution in [0.5, 0.6) is 0 Å². The Morgan fingerprint density at radius 1 is 1.24 bits per heavy atom. The third-order valence-corrected chi connectivity index (χ3v) is 3.55. The molecule has 0 aliphatic heterocycles. The number of rotatable bonds is 5. The average molecular weight is 312 g/mol. The molecule has 1 unspecified atom stereocenters. The molecule has 0 amide bonds. The van der Waals surface area contributed by atoms with Gasteiger partial charge >= 0.3 is 0 Å². The molecular formula is C16H26ClN3O. The minimum absolute atomic E-state index is 0.0801. The molecule has 1 aromatic rings. The van der Waals surface area contributed by atoms with Crippen LogP contribution in [0.3, 0.4) is 0 Å². The first-order chi connectivity index (χ1) is 9.86. The molecule has 1 rings (SSSR count). The predicted octanol–water partition coefficient (Wildman–Crippen LogP) is 3.07. The molecule has 0 bridgehead atoms. The highest BCUT2D eigenvalue weighted by atomic mass is 35.5. The third-order valence-electron chi connectivity index (χ3n) is 3.30. The molecule has 0 heterocycles. The molecule has 1 atom stereocenters. The maximum Gasteiger partial charge on any atom is 0.191 e. The zero-order valence-corrected chi connectivity index (χ0v) is 14.3. The summed E-state index contributed by atoms with van der Waals surface area (Å²) < 4.78 is 5.53. The highest BCUT2D eigenvalue weighted by Gasteiger charge is 2.24. The number of benzene rings is 1. The van der Waals surface area contributed by atoms with Crippen molar-refractivity contribution < 1.29 is 4.74 Å². The number of hydrogen-bond acceptors (Lipinski definition) is 2. The summed E-state index contributed by atoms with van der Waals surface area (Å²) in [5.41, 5.74) is 1.23. The fourth-order valence-corrected chi connectivity index (χ4v) is 2.07. The largest absolute Gasteiger partial charge is 0.379 e. The van der Waals surface area contributed by atoms with Crippen LogP contribution in [0.4, 0.5) is 0 Å². The van der Waals surface area contributed by atoms with E-state index in [4.69, 9.17) is 16.3 Å². The Kier molecular flexibility index (Phi) is 6.99. The van der Waals surface area contributed by atoms with Crippen LogP contribution in [0.1, 0.15) is 26.3 Å².